The molecule has 0 saturated heterocycles. The van der Waals surface area contributed by atoms with E-state index in [1.165, 1.54) is 6.08 Å². The summed E-state index contributed by atoms with van der Waals surface area (Å²) >= 11 is 0. The molecule has 0 amide bonds. The maximum Gasteiger partial charge on any atom is 0.0299 e. The second-order valence-corrected chi connectivity index (χ2v) is 1.17. The van der Waals surface area contributed by atoms with Crippen LogP contribution in [0.4, 0.5) is 0 Å². The van der Waals surface area contributed by atoms with Gasteiger partial charge in [0.2, 0.25) is 0 Å². The van der Waals surface area contributed by atoms with Crippen molar-refractivity contribution in [3.63, 3.8) is 0 Å². The lowest BCUT2D eigenvalue weighted by Crippen LogP contribution is -1.41. The summed E-state index contributed by atoms with van der Waals surface area (Å²) in [6, 6.07) is 0. The van der Waals surface area contributed by atoms with Crippen LogP contribution in [0.15, 0.2) is 30.0 Å². The fraction of sp³-hybridized carbons (Fsp3) is 0.125. The van der Waals surface area contributed by atoms with Crippen molar-refractivity contribution < 1.29 is 0 Å². The van der Waals surface area contributed by atoms with Crippen LogP contribution in [0.5, 0.6) is 0 Å². The summed E-state index contributed by atoms with van der Waals surface area (Å²) < 4.78 is 0. The van der Waals surface area contributed by atoms with E-state index in [1.807, 2.05) is 19.1 Å². The molecule has 0 aromatic heterocycles. The first-order valence-electron chi connectivity index (χ1n) is 2.40. The highest BCUT2D eigenvalue weighted by atomic mass is 13.6. The lowest BCUT2D eigenvalue weighted by atomic mass is 10.5. The number of terminal acetylenes is 1. The molecule has 0 radical (unpaired) electrons. The topological polar surface area (TPSA) is 0 Å². The van der Waals surface area contributed by atoms with Crippen molar-refractivity contribution in [1.82, 2.24) is 0 Å². The Labute approximate surface area is 50.2 Å². The molecule has 0 nitrogen and oxygen atoms in total. The maximum absolute atomic E-state index is 4.90. The number of hydrogen-bond donors (Lipinski definition) is 0. The van der Waals surface area contributed by atoms with Crippen LogP contribution >= 0.6 is 0 Å². The quantitative estimate of drug-likeness (QED) is 0.271. The average Bonchev–Trinajstić information content (AvgIpc) is 1.81. The summed E-state index contributed by atoms with van der Waals surface area (Å²) in [5.41, 5.74) is 2.76. The van der Waals surface area contributed by atoms with Crippen LogP contribution in [-0.4, -0.2) is 0 Å². The van der Waals surface area contributed by atoms with E-state index in [-0.39, 0.29) is 0 Å². The van der Waals surface area contributed by atoms with E-state index in [9.17, 15) is 0 Å². The molecule has 0 fully saturated rings. The second-order valence-electron chi connectivity index (χ2n) is 1.17. The van der Waals surface area contributed by atoms with Crippen LogP contribution in [0.2, 0.25) is 0 Å². The first-order chi connectivity index (χ1) is 3.91. The summed E-state index contributed by atoms with van der Waals surface area (Å²) in [6.07, 6.45) is 12.0. The molecule has 0 aliphatic heterocycles. The van der Waals surface area contributed by atoms with E-state index < -0.39 is 0 Å². The molecule has 0 saturated carbocycles. The third-order valence-corrected chi connectivity index (χ3v) is 0.552. The van der Waals surface area contributed by atoms with Crippen LogP contribution < -0.4 is 0 Å². The van der Waals surface area contributed by atoms with E-state index in [0.717, 1.165) is 0 Å². The highest BCUT2D eigenvalue weighted by Gasteiger charge is 1.50. The summed E-state index contributed by atoms with van der Waals surface area (Å²) in [4.78, 5) is 0. The van der Waals surface area contributed by atoms with Gasteiger partial charge in [0.15, 0.2) is 0 Å². The molecule has 40 valence electrons. The Kier molecular flexibility index (Phi) is 4.96. The molecular formula is C8H8. The van der Waals surface area contributed by atoms with E-state index in [2.05, 4.69) is 11.7 Å². The fourth-order valence-corrected chi connectivity index (χ4v) is 0.248. The van der Waals surface area contributed by atoms with Crippen LogP contribution in [0.3, 0.4) is 0 Å². The summed E-state index contributed by atoms with van der Waals surface area (Å²) in [5, 5.41) is 0. The summed E-state index contributed by atoms with van der Waals surface area (Å²) in [5.74, 6) is 2.33. The van der Waals surface area contributed by atoms with Gasteiger partial charge in [0.1, 0.15) is 0 Å². The Hall–Kier alpha value is -1.18. The van der Waals surface area contributed by atoms with E-state index in [1.54, 1.807) is 6.08 Å². The largest absolute Gasteiger partial charge is 0.115 e. The van der Waals surface area contributed by atoms with Crippen LogP contribution in [0, 0.1) is 12.3 Å². The first kappa shape index (κ1) is 6.82. The van der Waals surface area contributed by atoms with E-state index in [4.69, 9.17) is 6.42 Å². The van der Waals surface area contributed by atoms with Gasteiger partial charge in [-0.1, -0.05) is 18.1 Å². The lowest BCUT2D eigenvalue weighted by Gasteiger charge is -1.60. The van der Waals surface area contributed by atoms with Gasteiger partial charge in [-0.2, -0.15) is 0 Å². The van der Waals surface area contributed by atoms with Crippen molar-refractivity contribution in [2.45, 2.75) is 6.92 Å². The normalized spacial score (nSPS) is 7.50. The standard InChI is InChI=1S/C8H8/c1-3-5-7-8-6-4-2/h1,4-6,8H,2H3. The third kappa shape index (κ3) is 4.82. The molecule has 0 aliphatic carbocycles. The zero-order valence-electron chi connectivity index (χ0n) is 4.89. The van der Waals surface area contributed by atoms with Crippen LogP contribution in [-0.2, 0) is 0 Å². The van der Waals surface area contributed by atoms with Crippen molar-refractivity contribution in [3.05, 3.63) is 30.0 Å². The first-order valence-corrected chi connectivity index (χ1v) is 2.40. The molecule has 0 heteroatoms. The molecule has 0 aromatic carbocycles. The van der Waals surface area contributed by atoms with Crippen LogP contribution in [0.1, 0.15) is 6.92 Å². The Morgan fingerprint density at radius 3 is 2.75 bits per heavy atom. The van der Waals surface area contributed by atoms with Crippen molar-refractivity contribution >= 4 is 0 Å². The lowest BCUT2D eigenvalue weighted by molar-refractivity contribution is 1.74. The molecule has 0 aliphatic rings. The molecule has 0 spiro atoms. The smallest absolute Gasteiger partial charge is 0.0299 e. The minimum Gasteiger partial charge on any atom is -0.115 e. The van der Waals surface area contributed by atoms with Crippen molar-refractivity contribution in [2.75, 3.05) is 0 Å². The zero-order valence-corrected chi connectivity index (χ0v) is 4.89. The number of allylic oxidation sites excluding steroid dienone is 3. The predicted octanol–water partition coefficient (Wildman–Crippen LogP) is 1.91. The molecule has 8 heavy (non-hydrogen) atoms. The van der Waals surface area contributed by atoms with Crippen molar-refractivity contribution in [2.24, 2.45) is 0 Å². The van der Waals surface area contributed by atoms with Gasteiger partial charge in [-0.3, -0.25) is 0 Å². The van der Waals surface area contributed by atoms with Gasteiger partial charge in [0.25, 0.3) is 0 Å². The highest BCUT2D eigenvalue weighted by Crippen LogP contribution is 1.70. The van der Waals surface area contributed by atoms with E-state index >= 15 is 0 Å². The zero-order chi connectivity index (χ0) is 6.24. The van der Waals surface area contributed by atoms with Gasteiger partial charge in [0.05, 0.1) is 0 Å². The Balaban J connectivity index is 3.69. The molecule has 0 aromatic rings. The highest BCUT2D eigenvalue weighted by molar-refractivity contribution is 5.11. The summed E-state index contributed by atoms with van der Waals surface area (Å²) in [7, 11) is 0. The summed E-state index contributed by atoms with van der Waals surface area (Å²) in [6.45, 7) is 1.94. The maximum atomic E-state index is 4.90. The predicted molar refractivity (Wildman–Crippen MR) is 36.3 cm³/mol. The van der Waals surface area contributed by atoms with Crippen molar-refractivity contribution in [1.29, 1.82) is 0 Å². The Bertz CT molecular complexity index is 159. The fourth-order valence-electron chi connectivity index (χ4n) is 0.248. The average molecular weight is 104 g/mol. The number of hydrogen-bond acceptors (Lipinski definition) is 0. The molecule has 0 unspecified atom stereocenters. The molecule has 0 rings (SSSR count). The molecule has 0 N–H and O–H groups in total. The molecular weight excluding hydrogens is 96.1 g/mol. The SMILES string of the molecule is C#CC=C=CC=CC. The van der Waals surface area contributed by atoms with Crippen LogP contribution in [0.25, 0.3) is 0 Å². The van der Waals surface area contributed by atoms with Gasteiger partial charge in [-0.05, 0) is 13.0 Å². The van der Waals surface area contributed by atoms with Gasteiger partial charge < -0.3 is 0 Å². The van der Waals surface area contributed by atoms with E-state index in [0.29, 0.717) is 0 Å². The Morgan fingerprint density at radius 1 is 1.50 bits per heavy atom. The van der Waals surface area contributed by atoms with Gasteiger partial charge in [0, 0.05) is 6.08 Å². The molecule has 0 atom stereocenters. The third-order valence-electron chi connectivity index (χ3n) is 0.552. The number of rotatable bonds is 1. The van der Waals surface area contributed by atoms with Crippen molar-refractivity contribution in [3.8, 4) is 12.3 Å². The monoisotopic (exact) mass is 104 g/mol. The molecule has 0 bridgehead atoms. The minimum absolute atomic E-state index is 1.53. The second kappa shape index (κ2) is 5.82. The Morgan fingerprint density at radius 2 is 2.25 bits per heavy atom. The molecule has 0 heterocycles. The van der Waals surface area contributed by atoms with Gasteiger partial charge in [-0.15, -0.1) is 12.2 Å². The minimum atomic E-state index is 1.53. The van der Waals surface area contributed by atoms with Gasteiger partial charge in [-0.25, -0.2) is 0 Å². The van der Waals surface area contributed by atoms with Gasteiger partial charge >= 0.3 is 0 Å².